The average molecular weight is 222 g/mol. The maximum absolute atomic E-state index is 5.70. The van der Waals surface area contributed by atoms with Gasteiger partial charge in [-0.1, -0.05) is 13.8 Å². The van der Waals surface area contributed by atoms with E-state index in [9.17, 15) is 0 Å². The van der Waals surface area contributed by atoms with Gasteiger partial charge in [-0.25, -0.2) is 4.98 Å². The Morgan fingerprint density at radius 1 is 1.50 bits per heavy atom. The second-order valence-electron chi connectivity index (χ2n) is 5.08. The van der Waals surface area contributed by atoms with Gasteiger partial charge in [-0.15, -0.1) is 0 Å². The second kappa shape index (κ2) is 5.48. The van der Waals surface area contributed by atoms with E-state index >= 15 is 0 Å². The standard InChI is InChI=1S/C13H22N2O/c1-10(2)14-7-3-4-13-15-9-12(16-13)8-11-5-6-11/h9-11,14H,3-8H2,1-2H3. The Kier molecular flexibility index (Phi) is 3.99. The summed E-state index contributed by atoms with van der Waals surface area (Å²) in [7, 11) is 0. The molecule has 1 aromatic heterocycles. The van der Waals surface area contributed by atoms with Crippen molar-refractivity contribution in [1.29, 1.82) is 0 Å². The molecule has 3 heteroatoms. The Morgan fingerprint density at radius 3 is 3.00 bits per heavy atom. The van der Waals surface area contributed by atoms with Crippen LogP contribution in [0.15, 0.2) is 10.6 Å². The van der Waals surface area contributed by atoms with Gasteiger partial charge in [0.05, 0.1) is 6.20 Å². The summed E-state index contributed by atoms with van der Waals surface area (Å²) in [4.78, 5) is 4.32. The molecule has 0 radical (unpaired) electrons. The van der Waals surface area contributed by atoms with Crippen LogP contribution in [0.25, 0.3) is 0 Å². The Morgan fingerprint density at radius 2 is 2.31 bits per heavy atom. The Bertz CT molecular complexity index is 315. The summed E-state index contributed by atoms with van der Waals surface area (Å²) in [5.41, 5.74) is 0. The summed E-state index contributed by atoms with van der Waals surface area (Å²) < 4.78 is 5.70. The number of aryl methyl sites for hydroxylation is 1. The van der Waals surface area contributed by atoms with Gasteiger partial charge in [-0.05, 0) is 31.7 Å². The lowest BCUT2D eigenvalue weighted by atomic mass is 10.2. The van der Waals surface area contributed by atoms with E-state index < -0.39 is 0 Å². The van der Waals surface area contributed by atoms with Gasteiger partial charge < -0.3 is 9.73 Å². The first-order valence-electron chi connectivity index (χ1n) is 6.41. The van der Waals surface area contributed by atoms with Gasteiger partial charge in [0.2, 0.25) is 0 Å². The maximum atomic E-state index is 5.70. The molecule has 1 aliphatic carbocycles. The van der Waals surface area contributed by atoms with Gasteiger partial charge in [0.25, 0.3) is 0 Å². The van der Waals surface area contributed by atoms with E-state index in [1.54, 1.807) is 0 Å². The lowest BCUT2D eigenvalue weighted by Crippen LogP contribution is -2.23. The molecule has 0 aromatic carbocycles. The van der Waals surface area contributed by atoms with Crippen LogP contribution in [-0.4, -0.2) is 17.6 Å². The van der Waals surface area contributed by atoms with Crippen LogP contribution in [0.4, 0.5) is 0 Å². The van der Waals surface area contributed by atoms with Crippen molar-refractivity contribution >= 4 is 0 Å². The molecule has 1 heterocycles. The fourth-order valence-electron chi connectivity index (χ4n) is 1.79. The van der Waals surface area contributed by atoms with Crippen molar-refractivity contribution in [2.45, 2.75) is 52.0 Å². The van der Waals surface area contributed by atoms with Gasteiger partial charge in [-0.2, -0.15) is 0 Å². The molecule has 0 aliphatic heterocycles. The molecule has 0 unspecified atom stereocenters. The topological polar surface area (TPSA) is 38.1 Å². The van der Waals surface area contributed by atoms with E-state index in [0.717, 1.165) is 43.4 Å². The van der Waals surface area contributed by atoms with E-state index in [0.29, 0.717) is 6.04 Å². The molecule has 1 saturated carbocycles. The minimum Gasteiger partial charge on any atom is -0.446 e. The third-order valence-corrected chi connectivity index (χ3v) is 2.91. The zero-order valence-corrected chi connectivity index (χ0v) is 10.3. The van der Waals surface area contributed by atoms with Gasteiger partial charge in [0.15, 0.2) is 5.89 Å². The number of nitrogens with one attached hydrogen (secondary N) is 1. The quantitative estimate of drug-likeness (QED) is 0.720. The van der Waals surface area contributed by atoms with Crippen molar-refractivity contribution < 1.29 is 4.42 Å². The molecule has 90 valence electrons. The number of rotatable bonds is 7. The second-order valence-corrected chi connectivity index (χ2v) is 5.08. The lowest BCUT2D eigenvalue weighted by molar-refractivity contribution is 0.437. The van der Waals surface area contributed by atoms with Crippen LogP contribution in [0, 0.1) is 5.92 Å². The van der Waals surface area contributed by atoms with Crippen molar-refractivity contribution in [3.8, 4) is 0 Å². The minimum atomic E-state index is 0.565. The first kappa shape index (κ1) is 11.6. The highest BCUT2D eigenvalue weighted by molar-refractivity contribution is 4.98. The van der Waals surface area contributed by atoms with Crippen LogP contribution in [0.5, 0.6) is 0 Å². The first-order valence-corrected chi connectivity index (χ1v) is 6.41. The summed E-state index contributed by atoms with van der Waals surface area (Å²) in [6.07, 6.45) is 7.79. The summed E-state index contributed by atoms with van der Waals surface area (Å²) >= 11 is 0. The number of aromatic nitrogens is 1. The molecule has 3 nitrogen and oxygen atoms in total. The molecule has 0 saturated heterocycles. The number of hydrogen-bond acceptors (Lipinski definition) is 3. The Balaban J connectivity index is 1.66. The highest BCUT2D eigenvalue weighted by Gasteiger charge is 2.23. The Labute approximate surface area is 97.6 Å². The molecular weight excluding hydrogens is 200 g/mol. The molecule has 0 atom stereocenters. The van der Waals surface area contributed by atoms with Gasteiger partial charge >= 0.3 is 0 Å². The molecule has 0 bridgehead atoms. The van der Waals surface area contributed by atoms with Gasteiger partial charge in [-0.3, -0.25) is 0 Å². The molecular formula is C13H22N2O. The van der Waals surface area contributed by atoms with Crippen molar-refractivity contribution in [2.24, 2.45) is 5.92 Å². The van der Waals surface area contributed by atoms with Gasteiger partial charge in [0, 0.05) is 18.9 Å². The SMILES string of the molecule is CC(C)NCCCc1ncc(CC2CC2)o1. The van der Waals surface area contributed by atoms with E-state index in [1.807, 2.05) is 6.20 Å². The summed E-state index contributed by atoms with van der Waals surface area (Å²) in [6.45, 7) is 5.37. The maximum Gasteiger partial charge on any atom is 0.194 e. The summed E-state index contributed by atoms with van der Waals surface area (Å²) in [6, 6.07) is 0.565. The van der Waals surface area contributed by atoms with Crippen molar-refractivity contribution in [3.63, 3.8) is 0 Å². The first-order chi connectivity index (χ1) is 7.74. The van der Waals surface area contributed by atoms with E-state index in [-0.39, 0.29) is 0 Å². The average Bonchev–Trinajstić information content (AvgIpc) is 2.92. The van der Waals surface area contributed by atoms with Crippen LogP contribution < -0.4 is 5.32 Å². The predicted molar refractivity (Wildman–Crippen MR) is 64.4 cm³/mol. The minimum absolute atomic E-state index is 0.565. The highest BCUT2D eigenvalue weighted by Crippen LogP contribution is 2.32. The lowest BCUT2D eigenvalue weighted by Gasteiger charge is -2.05. The summed E-state index contributed by atoms with van der Waals surface area (Å²) in [5, 5.41) is 3.40. The van der Waals surface area contributed by atoms with Crippen LogP contribution in [-0.2, 0) is 12.8 Å². The molecule has 16 heavy (non-hydrogen) atoms. The van der Waals surface area contributed by atoms with E-state index in [1.165, 1.54) is 12.8 Å². The Hall–Kier alpha value is -0.830. The molecule has 1 N–H and O–H groups in total. The largest absolute Gasteiger partial charge is 0.446 e. The van der Waals surface area contributed by atoms with Crippen LogP contribution >= 0.6 is 0 Å². The van der Waals surface area contributed by atoms with Gasteiger partial charge in [0.1, 0.15) is 5.76 Å². The third-order valence-electron chi connectivity index (χ3n) is 2.91. The summed E-state index contributed by atoms with van der Waals surface area (Å²) in [5.74, 6) is 2.86. The molecule has 2 rings (SSSR count). The zero-order valence-electron chi connectivity index (χ0n) is 10.3. The smallest absolute Gasteiger partial charge is 0.194 e. The van der Waals surface area contributed by atoms with Crippen molar-refractivity contribution in [1.82, 2.24) is 10.3 Å². The number of nitrogens with zero attached hydrogens (tertiary/aromatic N) is 1. The third kappa shape index (κ3) is 3.97. The van der Waals surface area contributed by atoms with Crippen molar-refractivity contribution in [2.75, 3.05) is 6.54 Å². The highest BCUT2D eigenvalue weighted by atomic mass is 16.4. The monoisotopic (exact) mass is 222 g/mol. The predicted octanol–water partition coefficient (Wildman–Crippen LogP) is 2.56. The number of oxazole rings is 1. The molecule has 1 aliphatic rings. The molecule has 0 amide bonds. The fraction of sp³-hybridized carbons (Fsp3) is 0.769. The molecule has 1 fully saturated rings. The van der Waals surface area contributed by atoms with Crippen LogP contribution in [0.2, 0.25) is 0 Å². The van der Waals surface area contributed by atoms with Crippen molar-refractivity contribution in [3.05, 3.63) is 17.8 Å². The number of hydrogen-bond donors (Lipinski definition) is 1. The molecule has 0 spiro atoms. The van der Waals surface area contributed by atoms with E-state index in [4.69, 9.17) is 4.42 Å². The van der Waals surface area contributed by atoms with E-state index in [2.05, 4.69) is 24.1 Å². The van der Waals surface area contributed by atoms with Crippen LogP contribution in [0.3, 0.4) is 0 Å². The molecule has 1 aromatic rings. The fourth-order valence-corrected chi connectivity index (χ4v) is 1.79. The van der Waals surface area contributed by atoms with Crippen LogP contribution in [0.1, 0.15) is 44.8 Å². The normalized spacial score (nSPS) is 15.9. The zero-order chi connectivity index (χ0) is 11.4.